The van der Waals surface area contributed by atoms with Crippen LogP contribution in [0.2, 0.25) is 0 Å². The minimum atomic E-state index is -3.42. The van der Waals surface area contributed by atoms with Gasteiger partial charge in [0.15, 0.2) is 15.6 Å². The first kappa shape index (κ1) is 16.3. The van der Waals surface area contributed by atoms with Crippen LogP contribution in [0.25, 0.3) is 0 Å². The lowest BCUT2D eigenvalue weighted by atomic mass is 10.1. The maximum atomic E-state index is 11.9. The predicted octanol–water partition coefficient (Wildman–Crippen LogP) is 0.591. The van der Waals surface area contributed by atoms with E-state index in [1.165, 1.54) is 19.1 Å². The maximum Gasteiger partial charge on any atom is 0.221 e. The van der Waals surface area contributed by atoms with Crippen molar-refractivity contribution in [3.63, 3.8) is 0 Å². The Kier molecular flexibility index (Phi) is 5.84. The van der Waals surface area contributed by atoms with Crippen LogP contribution in [0.15, 0.2) is 24.3 Å². The molecule has 0 saturated heterocycles. The van der Waals surface area contributed by atoms with E-state index in [0.29, 0.717) is 17.7 Å². The van der Waals surface area contributed by atoms with Crippen LogP contribution in [0.4, 0.5) is 5.69 Å². The molecule has 0 saturated carbocycles. The monoisotopic (exact) mass is 298 g/mol. The minimum Gasteiger partial charge on any atom is -0.330 e. The van der Waals surface area contributed by atoms with Gasteiger partial charge in [0.25, 0.3) is 0 Å². The highest BCUT2D eigenvalue weighted by Gasteiger charge is 2.17. The van der Waals surface area contributed by atoms with Crippen LogP contribution in [0, 0.1) is 0 Å². The molecule has 0 aliphatic heterocycles. The molecular formula is C13H18N2O4S. The molecule has 0 spiro atoms. The SMILES string of the molecule is CC(=O)Nc1ccc(C(=O)CS(=O)(=O)CCCN)cc1. The number of nitrogens with one attached hydrogen (secondary N) is 1. The van der Waals surface area contributed by atoms with Crippen molar-refractivity contribution in [2.24, 2.45) is 5.73 Å². The zero-order chi connectivity index (χ0) is 15.2. The van der Waals surface area contributed by atoms with Crippen molar-refractivity contribution in [2.45, 2.75) is 13.3 Å². The number of Topliss-reactive ketones (excluding diaryl/α,β-unsaturated/α-hetero) is 1. The number of carbonyl (C=O) groups excluding carboxylic acids is 2. The van der Waals surface area contributed by atoms with Gasteiger partial charge in [-0.2, -0.15) is 0 Å². The third-order valence-electron chi connectivity index (χ3n) is 2.54. The molecule has 1 rings (SSSR count). The Morgan fingerprint density at radius 2 is 1.80 bits per heavy atom. The summed E-state index contributed by atoms with van der Waals surface area (Å²) in [5.74, 6) is -1.28. The zero-order valence-corrected chi connectivity index (χ0v) is 12.1. The molecule has 110 valence electrons. The van der Waals surface area contributed by atoms with Gasteiger partial charge in [-0.3, -0.25) is 9.59 Å². The third kappa shape index (κ3) is 5.50. The summed E-state index contributed by atoms with van der Waals surface area (Å²) in [4.78, 5) is 22.7. The van der Waals surface area contributed by atoms with Crippen molar-refractivity contribution in [2.75, 3.05) is 23.4 Å². The van der Waals surface area contributed by atoms with Crippen molar-refractivity contribution in [1.29, 1.82) is 0 Å². The highest BCUT2D eigenvalue weighted by Crippen LogP contribution is 2.11. The van der Waals surface area contributed by atoms with E-state index in [-0.39, 0.29) is 18.2 Å². The number of ketones is 1. The molecule has 0 radical (unpaired) electrons. The van der Waals surface area contributed by atoms with E-state index in [4.69, 9.17) is 5.73 Å². The fourth-order valence-corrected chi connectivity index (χ4v) is 2.92. The van der Waals surface area contributed by atoms with Crippen LogP contribution in [-0.4, -0.2) is 38.2 Å². The van der Waals surface area contributed by atoms with Crippen molar-refractivity contribution in [1.82, 2.24) is 0 Å². The number of nitrogens with two attached hydrogens (primary N) is 1. The number of sulfone groups is 1. The fraction of sp³-hybridized carbons (Fsp3) is 0.385. The molecule has 0 unspecified atom stereocenters. The molecule has 1 aromatic rings. The van der Waals surface area contributed by atoms with E-state index in [2.05, 4.69) is 5.32 Å². The molecule has 0 atom stereocenters. The van der Waals surface area contributed by atoms with Crippen LogP contribution in [0.1, 0.15) is 23.7 Å². The molecule has 3 N–H and O–H groups in total. The Morgan fingerprint density at radius 3 is 2.30 bits per heavy atom. The Hall–Kier alpha value is -1.73. The molecule has 7 heteroatoms. The number of carbonyl (C=O) groups is 2. The first-order chi connectivity index (χ1) is 9.34. The molecule has 0 aliphatic rings. The second-order valence-electron chi connectivity index (χ2n) is 4.42. The predicted molar refractivity (Wildman–Crippen MR) is 77.4 cm³/mol. The smallest absolute Gasteiger partial charge is 0.221 e. The van der Waals surface area contributed by atoms with Crippen LogP contribution < -0.4 is 11.1 Å². The topological polar surface area (TPSA) is 106 Å². The molecule has 0 heterocycles. The number of hydrogen-bond donors (Lipinski definition) is 2. The summed E-state index contributed by atoms with van der Waals surface area (Å²) in [6.07, 6.45) is 0.344. The van der Waals surface area contributed by atoms with Crippen LogP contribution in [0.3, 0.4) is 0 Å². The lowest BCUT2D eigenvalue weighted by Crippen LogP contribution is -2.20. The summed E-state index contributed by atoms with van der Waals surface area (Å²) in [6.45, 7) is 1.65. The number of rotatable bonds is 7. The summed E-state index contributed by atoms with van der Waals surface area (Å²) >= 11 is 0. The van der Waals surface area contributed by atoms with Crippen molar-refractivity contribution in [3.05, 3.63) is 29.8 Å². The summed E-state index contributed by atoms with van der Waals surface area (Å²) in [5, 5.41) is 2.56. The van der Waals surface area contributed by atoms with E-state index >= 15 is 0 Å². The largest absolute Gasteiger partial charge is 0.330 e. The van der Waals surface area contributed by atoms with Gasteiger partial charge >= 0.3 is 0 Å². The summed E-state index contributed by atoms with van der Waals surface area (Å²) in [7, 11) is -3.42. The first-order valence-corrected chi connectivity index (χ1v) is 7.97. The second-order valence-corrected chi connectivity index (χ2v) is 6.60. The van der Waals surface area contributed by atoms with Crippen molar-refractivity contribution in [3.8, 4) is 0 Å². The highest BCUT2D eigenvalue weighted by molar-refractivity contribution is 7.92. The molecule has 0 aliphatic carbocycles. The average Bonchev–Trinajstić information content (AvgIpc) is 2.36. The summed E-state index contributed by atoms with van der Waals surface area (Å²) < 4.78 is 23.3. The van der Waals surface area contributed by atoms with Crippen LogP contribution in [0.5, 0.6) is 0 Å². The Labute approximate surface area is 118 Å². The first-order valence-electron chi connectivity index (χ1n) is 6.15. The van der Waals surface area contributed by atoms with E-state index in [1.54, 1.807) is 12.1 Å². The quantitative estimate of drug-likeness (QED) is 0.717. The molecule has 0 fully saturated rings. The van der Waals surface area contributed by atoms with Crippen LogP contribution in [-0.2, 0) is 14.6 Å². The molecule has 1 amide bonds. The van der Waals surface area contributed by atoms with Crippen molar-refractivity contribution >= 4 is 27.2 Å². The van der Waals surface area contributed by atoms with E-state index in [0.717, 1.165) is 0 Å². The zero-order valence-electron chi connectivity index (χ0n) is 11.3. The van der Waals surface area contributed by atoms with Gasteiger partial charge in [0.05, 0.1) is 5.75 Å². The highest BCUT2D eigenvalue weighted by atomic mass is 32.2. The van der Waals surface area contributed by atoms with Gasteiger partial charge in [0, 0.05) is 18.2 Å². The normalized spacial score (nSPS) is 11.1. The lowest BCUT2D eigenvalue weighted by molar-refractivity contribution is -0.114. The van der Waals surface area contributed by atoms with Gasteiger partial charge in [0.1, 0.15) is 5.75 Å². The minimum absolute atomic E-state index is 0.0841. The van der Waals surface area contributed by atoms with Gasteiger partial charge in [-0.15, -0.1) is 0 Å². The second kappa shape index (κ2) is 7.16. The summed E-state index contributed by atoms with van der Waals surface area (Å²) in [6, 6.07) is 6.10. The van der Waals surface area contributed by atoms with Gasteiger partial charge in [-0.1, -0.05) is 0 Å². The number of anilines is 1. The molecule has 1 aromatic carbocycles. The van der Waals surface area contributed by atoms with E-state index < -0.39 is 21.4 Å². The van der Waals surface area contributed by atoms with E-state index in [1.807, 2.05) is 0 Å². The Balaban J connectivity index is 2.71. The average molecular weight is 298 g/mol. The van der Waals surface area contributed by atoms with E-state index in [9.17, 15) is 18.0 Å². The Morgan fingerprint density at radius 1 is 1.20 bits per heavy atom. The standard InChI is InChI=1S/C13H18N2O4S/c1-10(16)15-12-5-3-11(4-6-12)13(17)9-20(18,19)8-2-7-14/h3-6H,2,7-9,14H2,1H3,(H,15,16). The number of hydrogen-bond acceptors (Lipinski definition) is 5. The number of amides is 1. The lowest BCUT2D eigenvalue weighted by Gasteiger charge is -2.05. The van der Waals surface area contributed by atoms with Gasteiger partial charge in [0.2, 0.25) is 5.91 Å². The van der Waals surface area contributed by atoms with Crippen molar-refractivity contribution < 1.29 is 18.0 Å². The molecule has 0 bridgehead atoms. The molecule has 20 heavy (non-hydrogen) atoms. The summed E-state index contributed by atoms with van der Waals surface area (Å²) in [5.41, 5.74) is 6.11. The van der Waals surface area contributed by atoms with Gasteiger partial charge in [-0.25, -0.2) is 8.42 Å². The number of benzene rings is 1. The van der Waals surface area contributed by atoms with Gasteiger partial charge < -0.3 is 11.1 Å². The van der Waals surface area contributed by atoms with Crippen LogP contribution >= 0.6 is 0 Å². The molecular weight excluding hydrogens is 280 g/mol. The maximum absolute atomic E-state index is 11.9. The fourth-order valence-electron chi connectivity index (χ4n) is 1.60. The van der Waals surface area contributed by atoms with Gasteiger partial charge in [-0.05, 0) is 37.2 Å². The molecule has 6 nitrogen and oxygen atoms in total. The Bertz CT molecular complexity index is 579. The third-order valence-corrected chi connectivity index (χ3v) is 4.15. The molecule has 0 aromatic heterocycles.